The smallest absolute Gasteiger partial charge is 0.415 e. The number of anilines is 1. The first-order valence-corrected chi connectivity index (χ1v) is 9.25. The lowest BCUT2D eigenvalue weighted by Crippen LogP contribution is -2.38. The van der Waals surface area contributed by atoms with Crippen LogP contribution in [0.1, 0.15) is 58.6 Å². The van der Waals surface area contributed by atoms with Crippen molar-refractivity contribution < 1.29 is 9.53 Å². The summed E-state index contributed by atoms with van der Waals surface area (Å²) in [4.78, 5) is 18.8. The highest BCUT2D eigenvalue weighted by atomic mass is 127. The van der Waals surface area contributed by atoms with Crippen molar-refractivity contribution in [3.63, 3.8) is 0 Å². The van der Waals surface area contributed by atoms with E-state index in [0.29, 0.717) is 12.5 Å². The van der Waals surface area contributed by atoms with Crippen LogP contribution in [0, 0.1) is 6.92 Å². The minimum absolute atomic E-state index is 0. The molecule has 0 radical (unpaired) electrons. The average molecular weight is 488 g/mol. The van der Waals surface area contributed by atoms with Crippen LogP contribution in [0.3, 0.4) is 0 Å². The van der Waals surface area contributed by atoms with E-state index in [0.717, 1.165) is 29.7 Å². The fourth-order valence-corrected chi connectivity index (χ4v) is 2.69. The van der Waals surface area contributed by atoms with Crippen LogP contribution in [-0.4, -0.2) is 29.7 Å². The molecule has 1 aliphatic carbocycles. The van der Waals surface area contributed by atoms with E-state index in [4.69, 9.17) is 10.5 Å². The van der Waals surface area contributed by atoms with Gasteiger partial charge in [0.15, 0.2) is 5.96 Å². The summed E-state index contributed by atoms with van der Waals surface area (Å²) in [5, 5.41) is 3.08. The summed E-state index contributed by atoms with van der Waals surface area (Å²) < 4.78 is 5.60. The summed E-state index contributed by atoms with van der Waals surface area (Å²) in [5.41, 5.74) is 8.34. The molecule has 0 aromatic heterocycles. The van der Waals surface area contributed by atoms with Crippen molar-refractivity contribution in [2.75, 3.05) is 4.90 Å². The Labute approximate surface area is 179 Å². The molecule has 0 heterocycles. The van der Waals surface area contributed by atoms with E-state index in [-0.39, 0.29) is 42.2 Å². The standard InChI is InChI=1S/C20H32N4O2.HI/c1-13(2)23-18(21)22-12-15-7-10-17(14(3)11-15)24(16-8-9-16)19(25)26-20(4,5)6;/h7,10-11,13,16H,8-9,12H2,1-6H3,(H3,21,22,23);1H. The summed E-state index contributed by atoms with van der Waals surface area (Å²) in [6.45, 7) is 12.2. The summed E-state index contributed by atoms with van der Waals surface area (Å²) in [5.74, 6) is 0.440. The van der Waals surface area contributed by atoms with E-state index in [1.165, 1.54) is 0 Å². The van der Waals surface area contributed by atoms with E-state index in [2.05, 4.69) is 16.4 Å². The van der Waals surface area contributed by atoms with Crippen molar-refractivity contribution in [3.8, 4) is 0 Å². The quantitative estimate of drug-likeness (QED) is 0.368. The third kappa shape index (κ3) is 7.56. The monoisotopic (exact) mass is 488 g/mol. The number of carbonyl (C=O) groups is 1. The Kier molecular flexibility index (Phi) is 8.38. The lowest BCUT2D eigenvalue weighted by Gasteiger charge is -2.28. The molecule has 0 unspecified atom stereocenters. The van der Waals surface area contributed by atoms with E-state index in [1.807, 2.05) is 53.7 Å². The Bertz CT molecular complexity index is 679. The molecule has 0 saturated heterocycles. The first kappa shape index (κ1) is 23.5. The minimum Gasteiger partial charge on any atom is -0.443 e. The Morgan fingerprint density at radius 3 is 2.48 bits per heavy atom. The summed E-state index contributed by atoms with van der Waals surface area (Å²) >= 11 is 0. The Morgan fingerprint density at radius 1 is 1.37 bits per heavy atom. The number of halogens is 1. The molecule has 7 heteroatoms. The van der Waals surface area contributed by atoms with Crippen LogP contribution >= 0.6 is 24.0 Å². The fourth-order valence-electron chi connectivity index (χ4n) is 2.69. The number of ether oxygens (including phenoxy) is 1. The third-order valence-electron chi connectivity index (χ3n) is 3.89. The van der Waals surface area contributed by atoms with E-state index < -0.39 is 5.60 Å². The fraction of sp³-hybridized carbons (Fsp3) is 0.600. The maximum atomic E-state index is 12.7. The molecule has 0 bridgehead atoms. The number of carbonyl (C=O) groups excluding carboxylic acids is 1. The van der Waals surface area contributed by atoms with E-state index in [1.54, 1.807) is 4.90 Å². The van der Waals surface area contributed by atoms with Gasteiger partial charge in [0.2, 0.25) is 0 Å². The Balaban J connectivity index is 0.00000364. The van der Waals surface area contributed by atoms with Gasteiger partial charge in [-0.3, -0.25) is 4.90 Å². The van der Waals surface area contributed by atoms with Gasteiger partial charge in [-0.2, -0.15) is 0 Å². The van der Waals surface area contributed by atoms with Crippen LogP contribution in [0.25, 0.3) is 0 Å². The SMILES string of the molecule is Cc1cc(CN=C(N)NC(C)C)ccc1N(C(=O)OC(C)(C)C)C1CC1.I. The number of aryl methyl sites for hydroxylation is 1. The van der Waals surface area contributed by atoms with Crippen LogP contribution < -0.4 is 16.0 Å². The van der Waals surface area contributed by atoms with Crippen molar-refractivity contribution in [2.24, 2.45) is 10.7 Å². The number of hydrogen-bond donors (Lipinski definition) is 2. The number of rotatable bonds is 5. The van der Waals surface area contributed by atoms with Gasteiger partial charge in [-0.25, -0.2) is 9.79 Å². The number of nitrogens with two attached hydrogens (primary N) is 1. The number of nitrogens with one attached hydrogen (secondary N) is 1. The summed E-state index contributed by atoms with van der Waals surface area (Å²) in [7, 11) is 0. The van der Waals surface area contributed by atoms with Gasteiger partial charge in [0.05, 0.1) is 12.2 Å². The predicted molar refractivity (Wildman–Crippen MR) is 122 cm³/mol. The normalized spacial score (nSPS) is 14.6. The van der Waals surface area contributed by atoms with Gasteiger partial charge in [0.1, 0.15) is 5.60 Å². The van der Waals surface area contributed by atoms with Gasteiger partial charge >= 0.3 is 6.09 Å². The molecule has 1 saturated carbocycles. The summed E-state index contributed by atoms with van der Waals surface area (Å²) in [6, 6.07) is 6.52. The number of guanidine groups is 1. The van der Waals surface area contributed by atoms with Crippen molar-refractivity contribution in [1.29, 1.82) is 0 Å². The van der Waals surface area contributed by atoms with Crippen LogP contribution in [0.15, 0.2) is 23.2 Å². The minimum atomic E-state index is -0.506. The summed E-state index contributed by atoms with van der Waals surface area (Å²) in [6.07, 6.45) is 1.75. The van der Waals surface area contributed by atoms with Crippen LogP contribution in [0.5, 0.6) is 0 Å². The molecule has 0 atom stereocenters. The van der Waals surface area contributed by atoms with Gasteiger partial charge in [-0.15, -0.1) is 24.0 Å². The molecule has 1 aromatic carbocycles. The number of amides is 1. The molecule has 1 amide bonds. The van der Waals surface area contributed by atoms with Crippen LogP contribution in [0.2, 0.25) is 0 Å². The maximum Gasteiger partial charge on any atom is 0.415 e. The van der Waals surface area contributed by atoms with E-state index >= 15 is 0 Å². The zero-order valence-corrected chi connectivity index (χ0v) is 19.5. The molecule has 3 N–H and O–H groups in total. The van der Waals surface area contributed by atoms with E-state index in [9.17, 15) is 4.79 Å². The van der Waals surface area contributed by atoms with Crippen molar-refractivity contribution in [2.45, 2.75) is 78.6 Å². The highest BCUT2D eigenvalue weighted by Crippen LogP contribution is 2.35. The largest absolute Gasteiger partial charge is 0.443 e. The molecular formula is C20H33IN4O2. The number of benzene rings is 1. The molecule has 6 nitrogen and oxygen atoms in total. The van der Waals surface area contributed by atoms with Gasteiger partial charge in [0, 0.05) is 12.1 Å². The average Bonchev–Trinajstić information content (AvgIpc) is 3.29. The molecule has 27 heavy (non-hydrogen) atoms. The Morgan fingerprint density at radius 2 is 2.00 bits per heavy atom. The maximum absolute atomic E-state index is 12.7. The highest BCUT2D eigenvalue weighted by molar-refractivity contribution is 14.0. The third-order valence-corrected chi connectivity index (χ3v) is 3.89. The second-order valence-electron chi connectivity index (χ2n) is 8.20. The number of hydrogen-bond acceptors (Lipinski definition) is 3. The van der Waals surface area contributed by atoms with Crippen molar-refractivity contribution in [1.82, 2.24) is 5.32 Å². The predicted octanol–water partition coefficient (Wildman–Crippen LogP) is 4.33. The molecule has 1 aromatic rings. The lowest BCUT2D eigenvalue weighted by molar-refractivity contribution is 0.0577. The molecule has 0 spiro atoms. The lowest BCUT2D eigenvalue weighted by atomic mass is 10.1. The van der Waals surface area contributed by atoms with Crippen molar-refractivity contribution >= 4 is 41.7 Å². The zero-order valence-electron chi connectivity index (χ0n) is 17.2. The molecule has 1 fully saturated rings. The second-order valence-corrected chi connectivity index (χ2v) is 8.20. The zero-order chi connectivity index (χ0) is 19.5. The molecule has 2 rings (SSSR count). The number of nitrogens with zero attached hydrogens (tertiary/aromatic N) is 2. The first-order chi connectivity index (χ1) is 12.1. The number of aliphatic imine (C=N–C) groups is 1. The molecule has 1 aliphatic rings. The van der Waals surface area contributed by atoms with Crippen LogP contribution in [0.4, 0.5) is 10.5 Å². The van der Waals surface area contributed by atoms with Gasteiger partial charge in [0.25, 0.3) is 0 Å². The van der Waals surface area contributed by atoms with Gasteiger partial charge < -0.3 is 15.8 Å². The van der Waals surface area contributed by atoms with Crippen LogP contribution in [-0.2, 0) is 11.3 Å². The first-order valence-electron chi connectivity index (χ1n) is 9.25. The van der Waals surface area contributed by atoms with Crippen molar-refractivity contribution in [3.05, 3.63) is 29.3 Å². The highest BCUT2D eigenvalue weighted by Gasteiger charge is 2.37. The molecule has 0 aliphatic heterocycles. The Hall–Kier alpha value is -1.51. The van der Waals surface area contributed by atoms with Gasteiger partial charge in [-0.05, 0) is 71.6 Å². The molecular weight excluding hydrogens is 455 g/mol. The topological polar surface area (TPSA) is 80.0 Å². The van der Waals surface area contributed by atoms with Gasteiger partial charge in [-0.1, -0.05) is 12.1 Å². The second kappa shape index (κ2) is 9.61. The molecule has 152 valence electrons.